The van der Waals surface area contributed by atoms with Crippen molar-refractivity contribution in [2.75, 3.05) is 5.32 Å². The number of nitrogens with one attached hydrogen (secondary N) is 1. The lowest BCUT2D eigenvalue weighted by molar-refractivity contribution is -0.119. The fourth-order valence-electron chi connectivity index (χ4n) is 0.984. The Morgan fingerprint density at radius 2 is 2.00 bits per heavy atom. The minimum Gasteiger partial charge on any atom is -0.326 e. The zero-order valence-electron chi connectivity index (χ0n) is 8.38. The predicted octanol–water partition coefficient (Wildman–Crippen LogP) is 3.28. The zero-order chi connectivity index (χ0) is 10.6. The highest BCUT2D eigenvalue weighted by molar-refractivity contribution is 14.1. The summed E-state index contributed by atoms with van der Waals surface area (Å²) < 4.78 is 1.17. The molecule has 14 heavy (non-hydrogen) atoms. The number of amides is 1. The molecule has 1 aromatic rings. The lowest BCUT2D eigenvalue weighted by Crippen LogP contribution is -2.19. The fraction of sp³-hybridized carbons (Fsp3) is 0.364. The van der Waals surface area contributed by atoms with E-state index in [1.54, 1.807) is 0 Å². The number of hydrogen-bond donors (Lipinski definition) is 1. The molecule has 1 N–H and O–H groups in total. The van der Waals surface area contributed by atoms with Gasteiger partial charge in [-0.3, -0.25) is 4.79 Å². The molecule has 0 saturated carbocycles. The summed E-state index contributed by atoms with van der Waals surface area (Å²) in [5.74, 6) is 0.169. The van der Waals surface area contributed by atoms with E-state index in [-0.39, 0.29) is 11.8 Å². The third kappa shape index (κ3) is 3.29. The van der Waals surface area contributed by atoms with E-state index >= 15 is 0 Å². The standard InChI is InChI=1S/C11H14INO/c1-3-8(2)11(14)13-10-6-4-9(12)5-7-10/h4-8H,3H2,1-2H3,(H,13,14)/t8-/m1/s1. The van der Waals surface area contributed by atoms with Crippen molar-refractivity contribution in [2.45, 2.75) is 20.3 Å². The molecule has 0 heterocycles. The van der Waals surface area contributed by atoms with Crippen LogP contribution >= 0.6 is 22.6 Å². The molecule has 1 rings (SSSR count). The van der Waals surface area contributed by atoms with Crippen LogP contribution in [0.3, 0.4) is 0 Å². The van der Waals surface area contributed by atoms with Crippen molar-refractivity contribution in [1.82, 2.24) is 0 Å². The summed E-state index contributed by atoms with van der Waals surface area (Å²) in [5, 5.41) is 2.88. The van der Waals surface area contributed by atoms with Crippen molar-refractivity contribution < 1.29 is 4.79 Å². The second kappa shape index (κ2) is 5.34. The van der Waals surface area contributed by atoms with Crippen molar-refractivity contribution in [2.24, 2.45) is 5.92 Å². The van der Waals surface area contributed by atoms with Crippen molar-refractivity contribution in [3.8, 4) is 0 Å². The molecule has 0 aliphatic heterocycles. The van der Waals surface area contributed by atoms with Crippen molar-refractivity contribution in [3.05, 3.63) is 27.8 Å². The second-order valence-corrected chi connectivity index (χ2v) is 4.55. The van der Waals surface area contributed by atoms with Crippen LogP contribution in [0, 0.1) is 9.49 Å². The molecule has 0 aliphatic rings. The monoisotopic (exact) mass is 303 g/mol. The van der Waals surface area contributed by atoms with Crippen LogP contribution in [0.4, 0.5) is 5.69 Å². The molecule has 2 nitrogen and oxygen atoms in total. The molecule has 0 spiro atoms. The van der Waals surface area contributed by atoms with Crippen LogP contribution in [0.2, 0.25) is 0 Å². The van der Waals surface area contributed by atoms with Gasteiger partial charge in [0.25, 0.3) is 0 Å². The third-order valence-corrected chi connectivity index (χ3v) is 2.89. The van der Waals surface area contributed by atoms with Gasteiger partial charge in [0.2, 0.25) is 5.91 Å². The maximum Gasteiger partial charge on any atom is 0.227 e. The Balaban J connectivity index is 2.60. The van der Waals surface area contributed by atoms with Gasteiger partial charge >= 0.3 is 0 Å². The summed E-state index contributed by atoms with van der Waals surface area (Å²) in [4.78, 5) is 11.5. The molecule has 0 radical (unpaired) electrons. The van der Waals surface area contributed by atoms with E-state index in [9.17, 15) is 4.79 Å². The molecule has 0 fully saturated rings. The lowest BCUT2D eigenvalue weighted by atomic mass is 10.1. The lowest BCUT2D eigenvalue weighted by Gasteiger charge is -2.09. The van der Waals surface area contributed by atoms with Crippen molar-refractivity contribution in [3.63, 3.8) is 0 Å². The van der Waals surface area contributed by atoms with Gasteiger partial charge in [-0.1, -0.05) is 13.8 Å². The van der Waals surface area contributed by atoms with Crippen molar-refractivity contribution in [1.29, 1.82) is 0 Å². The second-order valence-electron chi connectivity index (χ2n) is 3.31. The maximum atomic E-state index is 11.5. The molecule has 0 unspecified atom stereocenters. The van der Waals surface area contributed by atoms with Gasteiger partial charge in [0, 0.05) is 15.2 Å². The summed E-state index contributed by atoms with van der Waals surface area (Å²) in [6.45, 7) is 3.94. The first kappa shape index (κ1) is 11.5. The molecule has 0 bridgehead atoms. The number of halogens is 1. The average molecular weight is 303 g/mol. The first-order valence-electron chi connectivity index (χ1n) is 4.70. The maximum absolute atomic E-state index is 11.5. The summed E-state index contributed by atoms with van der Waals surface area (Å²) in [6, 6.07) is 7.80. The average Bonchev–Trinajstić information content (AvgIpc) is 2.20. The number of rotatable bonds is 3. The molecule has 0 saturated heterocycles. The number of benzene rings is 1. The van der Waals surface area contributed by atoms with E-state index in [4.69, 9.17) is 0 Å². The molecule has 0 aliphatic carbocycles. The molecule has 76 valence electrons. The molecular weight excluding hydrogens is 289 g/mol. The molecule has 1 atom stereocenters. The van der Waals surface area contributed by atoms with E-state index in [2.05, 4.69) is 27.9 Å². The Hall–Kier alpha value is -0.580. The number of carbonyl (C=O) groups excluding carboxylic acids is 1. The van der Waals surface area contributed by atoms with E-state index in [0.29, 0.717) is 0 Å². The Kier molecular flexibility index (Phi) is 4.38. The highest BCUT2D eigenvalue weighted by Crippen LogP contribution is 2.12. The molecule has 1 aromatic carbocycles. The minimum absolute atomic E-state index is 0.0780. The van der Waals surface area contributed by atoms with Gasteiger partial charge in [0.15, 0.2) is 0 Å². The molecule has 0 aromatic heterocycles. The Morgan fingerprint density at radius 1 is 1.43 bits per heavy atom. The Morgan fingerprint density at radius 3 is 2.50 bits per heavy atom. The van der Waals surface area contributed by atoms with Gasteiger partial charge in [0.05, 0.1) is 0 Å². The van der Waals surface area contributed by atoms with Gasteiger partial charge < -0.3 is 5.32 Å². The van der Waals surface area contributed by atoms with Gasteiger partial charge in [-0.25, -0.2) is 0 Å². The normalized spacial score (nSPS) is 12.2. The minimum atomic E-state index is 0.0780. The van der Waals surface area contributed by atoms with E-state index < -0.39 is 0 Å². The topological polar surface area (TPSA) is 29.1 Å². The van der Waals surface area contributed by atoms with Crippen LogP contribution in [-0.2, 0) is 4.79 Å². The first-order valence-corrected chi connectivity index (χ1v) is 5.77. The van der Waals surface area contributed by atoms with Gasteiger partial charge in [0.1, 0.15) is 0 Å². The highest BCUT2D eigenvalue weighted by Gasteiger charge is 2.09. The molecule has 3 heteroatoms. The Bertz CT molecular complexity index is 308. The zero-order valence-corrected chi connectivity index (χ0v) is 10.5. The van der Waals surface area contributed by atoms with Crippen molar-refractivity contribution >= 4 is 34.2 Å². The third-order valence-electron chi connectivity index (χ3n) is 2.17. The summed E-state index contributed by atoms with van der Waals surface area (Å²) in [5.41, 5.74) is 0.871. The summed E-state index contributed by atoms with van der Waals surface area (Å²) in [6.07, 6.45) is 0.871. The summed E-state index contributed by atoms with van der Waals surface area (Å²) >= 11 is 2.24. The Labute approximate surface area is 98.2 Å². The van der Waals surface area contributed by atoms with Crippen LogP contribution in [0.1, 0.15) is 20.3 Å². The van der Waals surface area contributed by atoms with Gasteiger partial charge in [-0.2, -0.15) is 0 Å². The SMILES string of the molecule is CC[C@@H](C)C(=O)Nc1ccc(I)cc1. The molecule has 1 amide bonds. The quantitative estimate of drug-likeness (QED) is 0.853. The van der Waals surface area contributed by atoms with Crippen LogP contribution in [-0.4, -0.2) is 5.91 Å². The van der Waals surface area contributed by atoms with Crippen LogP contribution in [0.15, 0.2) is 24.3 Å². The number of carbonyl (C=O) groups is 1. The summed E-state index contributed by atoms with van der Waals surface area (Å²) in [7, 11) is 0. The van der Waals surface area contributed by atoms with Gasteiger partial charge in [-0.05, 0) is 53.3 Å². The first-order chi connectivity index (χ1) is 6.63. The molecular formula is C11H14INO. The van der Waals surface area contributed by atoms with E-state index in [1.807, 2.05) is 38.1 Å². The number of hydrogen-bond acceptors (Lipinski definition) is 1. The van der Waals surface area contributed by atoms with E-state index in [1.165, 1.54) is 3.57 Å². The highest BCUT2D eigenvalue weighted by atomic mass is 127. The predicted molar refractivity (Wildman–Crippen MR) is 67.2 cm³/mol. The fourth-order valence-corrected chi connectivity index (χ4v) is 1.34. The smallest absolute Gasteiger partial charge is 0.227 e. The van der Waals surface area contributed by atoms with E-state index in [0.717, 1.165) is 12.1 Å². The van der Waals surface area contributed by atoms with Crippen LogP contribution in [0.5, 0.6) is 0 Å². The van der Waals surface area contributed by atoms with Crippen LogP contribution in [0.25, 0.3) is 0 Å². The number of anilines is 1. The largest absolute Gasteiger partial charge is 0.326 e. The van der Waals surface area contributed by atoms with Crippen LogP contribution < -0.4 is 5.32 Å². The van der Waals surface area contributed by atoms with Gasteiger partial charge in [-0.15, -0.1) is 0 Å².